The fraction of sp³-hybridized carbons (Fsp3) is 0.444. The molecule has 2 aliphatic carbocycles. The van der Waals surface area contributed by atoms with Gasteiger partial charge in [-0.05, 0) is 43.4 Å². The molecule has 0 saturated heterocycles. The molecule has 2 aromatic rings. The molecule has 1 heterocycles. The Morgan fingerprint density at radius 2 is 1.96 bits per heavy atom. The second-order valence-corrected chi connectivity index (χ2v) is 7.28. The molecule has 0 bridgehead atoms. The van der Waals surface area contributed by atoms with E-state index in [2.05, 4.69) is 32.7 Å². The van der Waals surface area contributed by atoms with E-state index in [1.54, 1.807) is 11.3 Å². The van der Waals surface area contributed by atoms with E-state index in [4.69, 9.17) is 0 Å². The maximum absolute atomic E-state index is 12.0. The highest BCUT2D eigenvalue weighted by Gasteiger charge is 2.29. The van der Waals surface area contributed by atoms with Crippen LogP contribution in [0.4, 0.5) is 0 Å². The quantitative estimate of drug-likeness (QED) is 0.849. The highest BCUT2D eigenvalue weighted by Crippen LogP contribution is 2.30. The third-order valence-corrected chi connectivity index (χ3v) is 5.06. The van der Waals surface area contributed by atoms with Crippen LogP contribution in [0.3, 0.4) is 0 Å². The number of carbonyl (C=O) groups excluding carboxylic acids is 1. The first-order valence-corrected chi connectivity index (χ1v) is 9.23. The van der Waals surface area contributed by atoms with Crippen LogP contribution in [0.25, 0.3) is 0 Å². The van der Waals surface area contributed by atoms with Gasteiger partial charge in [0.1, 0.15) is 0 Å². The van der Waals surface area contributed by atoms with Crippen LogP contribution in [0.1, 0.15) is 47.3 Å². The lowest BCUT2D eigenvalue weighted by atomic mass is 10.1. The summed E-state index contributed by atoms with van der Waals surface area (Å²) < 4.78 is 0. The second-order valence-electron chi connectivity index (χ2n) is 6.56. The third kappa shape index (κ3) is 3.98. The predicted octanol–water partition coefficient (Wildman–Crippen LogP) is 3.20. The molecule has 0 radical (unpaired) electrons. The molecular formula is C18H21N3OS. The summed E-state index contributed by atoms with van der Waals surface area (Å²) in [6.45, 7) is 1.84. The van der Waals surface area contributed by atoms with Crippen LogP contribution in [-0.4, -0.2) is 27.9 Å². The van der Waals surface area contributed by atoms with Crippen molar-refractivity contribution in [2.24, 2.45) is 0 Å². The van der Waals surface area contributed by atoms with E-state index in [-0.39, 0.29) is 5.91 Å². The highest BCUT2D eigenvalue weighted by molar-refractivity contribution is 7.07. The number of benzene rings is 1. The summed E-state index contributed by atoms with van der Waals surface area (Å²) in [6, 6.07) is 9.15. The van der Waals surface area contributed by atoms with Gasteiger partial charge in [0.25, 0.3) is 5.91 Å². The maximum Gasteiger partial charge on any atom is 0.251 e. The van der Waals surface area contributed by atoms with Crippen molar-refractivity contribution in [3.63, 3.8) is 0 Å². The molecule has 1 amide bonds. The number of amides is 1. The van der Waals surface area contributed by atoms with E-state index < -0.39 is 0 Å². The Morgan fingerprint density at radius 1 is 1.17 bits per heavy atom. The lowest BCUT2D eigenvalue weighted by molar-refractivity contribution is 0.0951. The van der Waals surface area contributed by atoms with Crippen LogP contribution >= 0.6 is 11.3 Å². The van der Waals surface area contributed by atoms with Crippen molar-refractivity contribution in [1.82, 2.24) is 15.2 Å². The number of thiazole rings is 1. The fourth-order valence-corrected chi connectivity index (χ4v) is 3.32. The minimum Gasteiger partial charge on any atom is -0.349 e. The first kappa shape index (κ1) is 14.8. The first-order valence-electron chi connectivity index (χ1n) is 8.29. The molecule has 120 valence electrons. The van der Waals surface area contributed by atoms with Gasteiger partial charge < -0.3 is 5.32 Å². The summed E-state index contributed by atoms with van der Waals surface area (Å²) in [5, 5.41) is 5.16. The van der Waals surface area contributed by atoms with E-state index in [1.165, 1.54) is 18.4 Å². The van der Waals surface area contributed by atoms with Crippen molar-refractivity contribution in [2.45, 2.75) is 50.9 Å². The molecule has 2 saturated carbocycles. The molecule has 4 nitrogen and oxygen atoms in total. The second kappa shape index (κ2) is 6.42. The summed E-state index contributed by atoms with van der Waals surface area (Å²) in [7, 11) is 0. The van der Waals surface area contributed by atoms with Crippen LogP contribution in [0.5, 0.6) is 0 Å². The Balaban J connectivity index is 1.39. The van der Waals surface area contributed by atoms with Gasteiger partial charge in [0, 0.05) is 36.1 Å². The minimum atomic E-state index is 0.0561. The number of nitrogens with one attached hydrogen (secondary N) is 1. The van der Waals surface area contributed by atoms with E-state index in [9.17, 15) is 4.79 Å². The molecular weight excluding hydrogens is 306 g/mol. The van der Waals surface area contributed by atoms with Gasteiger partial charge in [0.15, 0.2) is 0 Å². The Hall–Kier alpha value is -1.72. The zero-order valence-corrected chi connectivity index (χ0v) is 13.9. The lowest BCUT2D eigenvalue weighted by Gasteiger charge is -2.21. The van der Waals surface area contributed by atoms with E-state index in [0.717, 1.165) is 37.2 Å². The molecule has 1 aromatic carbocycles. The Kier molecular flexibility index (Phi) is 4.14. The molecule has 1 N–H and O–H groups in total. The summed E-state index contributed by atoms with van der Waals surface area (Å²) in [5.41, 5.74) is 5.07. The zero-order chi connectivity index (χ0) is 15.6. The van der Waals surface area contributed by atoms with E-state index in [1.807, 2.05) is 17.6 Å². The van der Waals surface area contributed by atoms with Crippen LogP contribution in [0.2, 0.25) is 0 Å². The van der Waals surface area contributed by atoms with Crippen molar-refractivity contribution in [3.05, 3.63) is 52.0 Å². The summed E-state index contributed by atoms with van der Waals surface area (Å²) in [4.78, 5) is 18.9. The molecule has 0 aliphatic heterocycles. The normalized spacial score (nSPS) is 17.4. The molecule has 0 unspecified atom stereocenters. The molecule has 2 fully saturated rings. The fourth-order valence-electron chi connectivity index (χ4n) is 2.77. The average Bonchev–Trinajstić information content (AvgIpc) is 3.49. The van der Waals surface area contributed by atoms with Crippen LogP contribution in [-0.2, 0) is 13.1 Å². The molecule has 1 aromatic heterocycles. The van der Waals surface area contributed by atoms with Crippen molar-refractivity contribution >= 4 is 17.2 Å². The largest absolute Gasteiger partial charge is 0.349 e. The van der Waals surface area contributed by atoms with Crippen LogP contribution in [0, 0.1) is 0 Å². The van der Waals surface area contributed by atoms with E-state index in [0.29, 0.717) is 12.1 Å². The summed E-state index contributed by atoms with van der Waals surface area (Å²) in [6.07, 6.45) is 4.81. The topological polar surface area (TPSA) is 45.2 Å². The third-order valence-electron chi connectivity index (χ3n) is 4.43. The SMILES string of the molecule is O=C(NC1CC1)c1ccc(CN(Cc2cscn2)C2CC2)cc1. The molecule has 2 aliphatic rings. The van der Waals surface area contributed by atoms with Crippen molar-refractivity contribution in [3.8, 4) is 0 Å². The number of hydrogen-bond donors (Lipinski definition) is 1. The number of hydrogen-bond acceptors (Lipinski definition) is 4. The Bertz CT molecular complexity index is 660. The van der Waals surface area contributed by atoms with Gasteiger partial charge in [-0.1, -0.05) is 12.1 Å². The van der Waals surface area contributed by atoms with Gasteiger partial charge in [-0.25, -0.2) is 4.98 Å². The molecule has 5 heteroatoms. The summed E-state index contributed by atoms with van der Waals surface area (Å²) in [5.74, 6) is 0.0561. The highest BCUT2D eigenvalue weighted by atomic mass is 32.1. The van der Waals surface area contributed by atoms with Gasteiger partial charge in [-0.2, -0.15) is 0 Å². The van der Waals surface area contributed by atoms with Crippen molar-refractivity contribution < 1.29 is 4.79 Å². The van der Waals surface area contributed by atoms with Crippen LogP contribution < -0.4 is 5.32 Å². The minimum absolute atomic E-state index is 0.0561. The van der Waals surface area contributed by atoms with Gasteiger partial charge in [-0.3, -0.25) is 9.69 Å². The van der Waals surface area contributed by atoms with Crippen molar-refractivity contribution in [2.75, 3.05) is 0 Å². The van der Waals surface area contributed by atoms with Gasteiger partial charge in [0.2, 0.25) is 0 Å². The number of carbonyl (C=O) groups is 1. The lowest BCUT2D eigenvalue weighted by Crippen LogP contribution is -2.26. The Morgan fingerprint density at radius 3 is 2.57 bits per heavy atom. The standard InChI is InChI=1S/C18H21N3OS/c22-18(20-15-5-6-15)14-3-1-13(2-4-14)9-21(17-7-8-17)10-16-11-23-12-19-16/h1-4,11-12,15,17H,5-10H2,(H,20,22). The van der Waals surface area contributed by atoms with Crippen molar-refractivity contribution in [1.29, 1.82) is 0 Å². The predicted molar refractivity (Wildman–Crippen MR) is 91.3 cm³/mol. The maximum atomic E-state index is 12.0. The van der Waals surface area contributed by atoms with Gasteiger partial charge >= 0.3 is 0 Å². The molecule has 23 heavy (non-hydrogen) atoms. The van der Waals surface area contributed by atoms with E-state index >= 15 is 0 Å². The number of aromatic nitrogens is 1. The van der Waals surface area contributed by atoms with Crippen LogP contribution in [0.15, 0.2) is 35.2 Å². The zero-order valence-electron chi connectivity index (χ0n) is 13.1. The molecule has 0 spiro atoms. The molecule has 0 atom stereocenters. The number of rotatable bonds is 7. The van der Waals surface area contributed by atoms with Gasteiger partial charge in [-0.15, -0.1) is 11.3 Å². The number of nitrogens with zero attached hydrogens (tertiary/aromatic N) is 2. The summed E-state index contributed by atoms with van der Waals surface area (Å²) >= 11 is 1.65. The molecule has 4 rings (SSSR count). The van der Waals surface area contributed by atoms with Gasteiger partial charge in [0.05, 0.1) is 11.2 Å². The first-order chi connectivity index (χ1) is 11.3. The smallest absolute Gasteiger partial charge is 0.251 e. The Labute approximate surface area is 140 Å². The average molecular weight is 327 g/mol. The monoisotopic (exact) mass is 327 g/mol.